The highest BCUT2D eigenvalue weighted by Gasteiger charge is 2.31. The summed E-state index contributed by atoms with van der Waals surface area (Å²) in [5, 5.41) is 0. The summed E-state index contributed by atoms with van der Waals surface area (Å²) in [7, 11) is -3.44. The van der Waals surface area contributed by atoms with Crippen LogP contribution in [0, 0.1) is 0 Å². The number of hydrogen-bond donors (Lipinski definition) is 1. The zero-order valence-electron chi connectivity index (χ0n) is 11.5. The summed E-state index contributed by atoms with van der Waals surface area (Å²) < 4.78 is 28.2. The van der Waals surface area contributed by atoms with Gasteiger partial charge in [0.05, 0.1) is 5.69 Å². The smallest absolute Gasteiger partial charge is 0.304 e. The van der Waals surface area contributed by atoms with Crippen LogP contribution >= 0.6 is 0 Å². The maximum atomic E-state index is 12.6. The van der Waals surface area contributed by atoms with Crippen LogP contribution in [0.5, 0.6) is 0 Å². The second kappa shape index (κ2) is 5.38. The summed E-state index contributed by atoms with van der Waals surface area (Å²) in [6.07, 6.45) is 1.65. The summed E-state index contributed by atoms with van der Waals surface area (Å²) in [6, 6.07) is 5.47. The van der Waals surface area contributed by atoms with Gasteiger partial charge in [-0.1, -0.05) is 19.9 Å². The first-order chi connectivity index (χ1) is 9.02. The molecular weight excluding hydrogens is 262 g/mol. The molecule has 0 saturated heterocycles. The van der Waals surface area contributed by atoms with E-state index in [1.807, 2.05) is 32.0 Å². The average Bonchev–Trinajstić information content (AvgIpc) is 2.39. The molecule has 1 aliphatic heterocycles. The molecule has 0 spiro atoms. The molecule has 0 aromatic heterocycles. The molecule has 0 fully saturated rings. The molecule has 0 radical (unpaired) electrons. The van der Waals surface area contributed by atoms with Crippen LogP contribution in [0.25, 0.3) is 0 Å². The zero-order chi connectivity index (χ0) is 14.0. The van der Waals surface area contributed by atoms with Crippen molar-refractivity contribution < 1.29 is 8.42 Å². The van der Waals surface area contributed by atoms with Gasteiger partial charge in [0.15, 0.2) is 0 Å². The molecular formula is C13H21N3O2S. The van der Waals surface area contributed by atoms with Gasteiger partial charge in [0.2, 0.25) is 0 Å². The lowest BCUT2D eigenvalue weighted by molar-refractivity contribution is 0.440. The van der Waals surface area contributed by atoms with Gasteiger partial charge in [-0.25, -0.2) is 0 Å². The first-order valence-electron chi connectivity index (χ1n) is 6.67. The third-order valence-corrected chi connectivity index (χ3v) is 5.66. The van der Waals surface area contributed by atoms with Crippen molar-refractivity contribution >= 4 is 21.6 Å². The van der Waals surface area contributed by atoms with Crippen LogP contribution in [-0.2, 0) is 16.6 Å². The van der Waals surface area contributed by atoms with Gasteiger partial charge in [0, 0.05) is 25.3 Å². The molecule has 2 rings (SSSR count). The molecule has 0 atom stereocenters. The molecule has 5 nitrogen and oxygen atoms in total. The first kappa shape index (κ1) is 14.1. The lowest BCUT2D eigenvalue weighted by atomic mass is 10.0. The molecule has 106 valence electrons. The Morgan fingerprint density at radius 1 is 1.32 bits per heavy atom. The lowest BCUT2D eigenvalue weighted by Crippen LogP contribution is -2.46. The van der Waals surface area contributed by atoms with Gasteiger partial charge in [-0.2, -0.15) is 12.7 Å². The van der Waals surface area contributed by atoms with Gasteiger partial charge in [-0.3, -0.25) is 4.31 Å². The maximum absolute atomic E-state index is 12.6. The normalized spacial score (nSPS) is 15.6. The van der Waals surface area contributed by atoms with E-state index in [2.05, 4.69) is 0 Å². The van der Waals surface area contributed by atoms with Crippen molar-refractivity contribution in [3.8, 4) is 0 Å². The van der Waals surface area contributed by atoms with Crippen LogP contribution in [0.1, 0.15) is 25.8 Å². The van der Waals surface area contributed by atoms with Crippen LogP contribution in [0.3, 0.4) is 0 Å². The highest BCUT2D eigenvalue weighted by atomic mass is 32.2. The van der Waals surface area contributed by atoms with Crippen molar-refractivity contribution in [2.75, 3.05) is 29.7 Å². The molecule has 1 heterocycles. The predicted molar refractivity (Wildman–Crippen MR) is 78.4 cm³/mol. The summed E-state index contributed by atoms with van der Waals surface area (Å²) in [5.41, 5.74) is 8.31. The Balaban J connectivity index is 2.47. The van der Waals surface area contributed by atoms with E-state index in [-0.39, 0.29) is 0 Å². The van der Waals surface area contributed by atoms with Crippen molar-refractivity contribution in [2.45, 2.75) is 26.7 Å². The van der Waals surface area contributed by atoms with E-state index >= 15 is 0 Å². The Kier molecular flexibility index (Phi) is 4.01. The molecule has 1 aromatic rings. The minimum absolute atomic E-state index is 0.479. The van der Waals surface area contributed by atoms with Crippen LogP contribution in [-0.4, -0.2) is 32.4 Å². The number of nitrogen functional groups attached to an aromatic ring is 1. The van der Waals surface area contributed by atoms with Crippen LogP contribution in [0.15, 0.2) is 18.2 Å². The molecule has 0 saturated carbocycles. The van der Waals surface area contributed by atoms with Gasteiger partial charge < -0.3 is 5.73 Å². The van der Waals surface area contributed by atoms with E-state index in [4.69, 9.17) is 5.73 Å². The van der Waals surface area contributed by atoms with Gasteiger partial charge in [0.25, 0.3) is 0 Å². The van der Waals surface area contributed by atoms with E-state index in [1.54, 1.807) is 0 Å². The Bertz CT molecular complexity index is 553. The van der Waals surface area contributed by atoms with E-state index in [9.17, 15) is 8.42 Å². The number of nitrogens with two attached hydrogens (primary N) is 1. The number of nitrogens with zero attached hydrogens (tertiary/aromatic N) is 2. The average molecular weight is 283 g/mol. The third kappa shape index (κ3) is 2.42. The van der Waals surface area contributed by atoms with Gasteiger partial charge in [0.1, 0.15) is 0 Å². The Labute approximate surface area is 115 Å². The topological polar surface area (TPSA) is 66.6 Å². The van der Waals surface area contributed by atoms with Crippen LogP contribution in [0.4, 0.5) is 11.4 Å². The molecule has 2 N–H and O–H groups in total. The fourth-order valence-corrected chi connectivity index (χ4v) is 4.26. The van der Waals surface area contributed by atoms with Gasteiger partial charge in [-0.15, -0.1) is 0 Å². The second-order valence-electron chi connectivity index (χ2n) is 4.61. The fraction of sp³-hybridized carbons (Fsp3) is 0.538. The number of hydrogen-bond acceptors (Lipinski definition) is 3. The second-order valence-corrected chi connectivity index (χ2v) is 6.47. The van der Waals surface area contributed by atoms with Gasteiger partial charge >= 0.3 is 10.2 Å². The standard InChI is InChI=1S/C13H21N3O2S/c1-3-15(4-2)19(17,18)16-10-6-7-11-12(14)8-5-9-13(11)16/h5,8-9H,3-4,6-7,10,14H2,1-2H3. The largest absolute Gasteiger partial charge is 0.398 e. The highest BCUT2D eigenvalue weighted by molar-refractivity contribution is 7.90. The molecule has 6 heteroatoms. The minimum Gasteiger partial charge on any atom is -0.398 e. The Morgan fingerprint density at radius 2 is 2.00 bits per heavy atom. The third-order valence-electron chi connectivity index (χ3n) is 3.55. The Hall–Kier alpha value is -1.27. The SMILES string of the molecule is CCN(CC)S(=O)(=O)N1CCCc2c(N)cccc21. The van der Waals surface area contributed by atoms with Crippen molar-refractivity contribution in [3.63, 3.8) is 0 Å². The van der Waals surface area contributed by atoms with E-state index in [1.165, 1.54) is 8.61 Å². The molecule has 0 aliphatic carbocycles. The van der Waals surface area contributed by atoms with E-state index in [0.717, 1.165) is 24.1 Å². The molecule has 0 unspecified atom stereocenters. The zero-order valence-corrected chi connectivity index (χ0v) is 12.3. The van der Waals surface area contributed by atoms with Crippen molar-refractivity contribution in [3.05, 3.63) is 23.8 Å². The molecule has 1 aliphatic rings. The molecule has 0 amide bonds. The predicted octanol–water partition coefficient (Wildman–Crippen LogP) is 1.61. The van der Waals surface area contributed by atoms with Crippen LogP contribution in [0.2, 0.25) is 0 Å². The fourth-order valence-electron chi connectivity index (χ4n) is 2.55. The van der Waals surface area contributed by atoms with Gasteiger partial charge in [-0.05, 0) is 30.5 Å². The Morgan fingerprint density at radius 3 is 2.63 bits per heavy atom. The molecule has 0 bridgehead atoms. The molecule has 1 aromatic carbocycles. The summed E-state index contributed by atoms with van der Waals surface area (Å²) >= 11 is 0. The van der Waals surface area contributed by atoms with Crippen LogP contribution < -0.4 is 10.0 Å². The van der Waals surface area contributed by atoms with E-state index in [0.29, 0.717) is 25.3 Å². The molecule has 19 heavy (non-hydrogen) atoms. The van der Waals surface area contributed by atoms with E-state index < -0.39 is 10.2 Å². The minimum atomic E-state index is -3.44. The van der Waals surface area contributed by atoms with Crippen molar-refractivity contribution in [2.24, 2.45) is 0 Å². The first-order valence-corrected chi connectivity index (χ1v) is 8.07. The monoisotopic (exact) mass is 283 g/mol. The summed E-state index contributed by atoms with van der Waals surface area (Å²) in [5.74, 6) is 0. The number of benzene rings is 1. The number of rotatable bonds is 4. The quantitative estimate of drug-likeness (QED) is 0.854. The highest BCUT2D eigenvalue weighted by Crippen LogP contribution is 2.33. The summed E-state index contributed by atoms with van der Waals surface area (Å²) in [6.45, 7) is 5.19. The number of fused-ring (bicyclic) bond motifs is 1. The summed E-state index contributed by atoms with van der Waals surface area (Å²) in [4.78, 5) is 0. The lowest BCUT2D eigenvalue weighted by Gasteiger charge is -2.34. The maximum Gasteiger partial charge on any atom is 0.304 e. The van der Waals surface area contributed by atoms with Crippen molar-refractivity contribution in [1.29, 1.82) is 0 Å². The van der Waals surface area contributed by atoms with Crippen molar-refractivity contribution in [1.82, 2.24) is 4.31 Å². The number of anilines is 2.